The number of hydrogen-bond donors (Lipinski definition) is 1. The summed E-state index contributed by atoms with van der Waals surface area (Å²) in [5.41, 5.74) is 1.93. The van der Waals surface area contributed by atoms with Gasteiger partial charge in [-0.3, -0.25) is 4.79 Å². The van der Waals surface area contributed by atoms with Gasteiger partial charge in [0.05, 0.1) is 0 Å². The smallest absolute Gasteiger partial charge is 0.243 e. The molecule has 0 atom stereocenters. The molecule has 0 aliphatic carbocycles. The lowest BCUT2D eigenvalue weighted by Crippen LogP contribution is -2.22. The molecule has 0 heterocycles. The zero-order valence-electron chi connectivity index (χ0n) is 7.99. The molecule has 0 spiro atoms. The van der Waals surface area contributed by atoms with Crippen molar-refractivity contribution < 1.29 is 4.79 Å². The summed E-state index contributed by atoms with van der Waals surface area (Å²) < 4.78 is 0. The molecule has 1 rings (SSSR count). The maximum atomic E-state index is 10.9. The molecular formula is C12H13NO. The number of hydrogen-bond acceptors (Lipinski definition) is 1. The molecule has 0 saturated heterocycles. The van der Waals surface area contributed by atoms with Gasteiger partial charge in [0.1, 0.15) is 0 Å². The number of benzene rings is 1. The molecule has 0 unspecified atom stereocenters. The van der Waals surface area contributed by atoms with E-state index < -0.39 is 0 Å². The van der Waals surface area contributed by atoms with Crippen molar-refractivity contribution in [3.05, 3.63) is 55.1 Å². The van der Waals surface area contributed by atoms with Gasteiger partial charge in [-0.2, -0.15) is 0 Å². The van der Waals surface area contributed by atoms with E-state index >= 15 is 0 Å². The van der Waals surface area contributed by atoms with Gasteiger partial charge in [-0.05, 0) is 17.2 Å². The van der Waals surface area contributed by atoms with E-state index in [9.17, 15) is 4.79 Å². The fourth-order valence-corrected chi connectivity index (χ4v) is 1.04. The zero-order valence-corrected chi connectivity index (χ0v) is 7.99. The average Bonchev–Trinajstić information content (AvgIpc) is 2.26. The molecular weight excluding hydrogens is 174 g/mol. The first-order valence-electron chi connectivity index (χ1n) is 4.37. The molecule has 1 aromatic carbocycles. The van der Waals surface area contributed by atoms with Crippen molar-refractivity contribution in [3.8, 4) is 0 Å². The Morgan fingerprint density at radius 1 is 1.36 bits per heavy atom. The Balaban J connectivity index is 2.52. The summed E-state index contributed by atoms with van der Waals surface area (Å²) in [4.78, 5) is 10.9. The highest BCUT2D eigenvalue weighted by Gasteiger charge is 1.98. The van der Waals surface area contributed by atoms with Crippen molar-refractivity contribution in [1.29, 1.82) is 0 Å². The lowest BCUT2D eigenvalue weighted by Gasteiger charge is -2.05. The van der Waals surface area contributed by atoms with Gasteiger partial charge in [-0.25, -0.2) is 0 Å². The van der Waals surface area contributed by atoms with Crippen LogP contribution in [0.2, 0.25) is 0 Å². The minimum atomic E-state index is -0.179. The number of rotatable bonds is 4. The summed E-state index contributed by atoms with van der Waals surface area (Å²) in [6, 6.07) is 9.75. The Labute approximate surface area is 84.0 Å². The lowest BCUT2D eigenvalue weighted by atomic mass is 10.1. The minimum Gasteiger partial charge on any atom is -0.348 e. The van der Waals surface area contributed by atoms with Crippen LogP contribution in [-0.4, -0.2) is 12.5 Å². The molecule has 1 N–H and O–H groups in total. The Bertz CT molecular complexity index is 341. The van der Waals surface area contributed by atoms with Crippen molar-refractivity contribution in [2.24, 2.45) is 0 Å². The highest BCUT2D eigenvalue weighted by Crippen LogP contribution is 2.09. The molecule has 72 valence electrons. The third kappa shape index (κ3) is 2.90. The fraction of sp³-hybridized carbons (Fsp3) is 0.0833. The number of carbonyl (C=O) groups is 1. The largest absolute Gasteiger partial charge is 0.348 e. The molecule has 2 heteroatoms. The van der Waals surface area contributed by atoms with Crippen LogP contribution in [0.25, 0.3) is 5.57 Å². The normalized spacial score (nSPS) is 9.14. The van der Waals surface area contributed by atoms with Crippen molar-refractivity contribution in [2.45, 2.75) is 0 Å². The van der Waals surface area contributed by atoms with E-state index in [0.29, 0.717) is 6.54 Å². The first-order valence-corrected chi connectivity index (χ1v) is 4.37. The highest BCUT2D eigenvalue weighted by molar-refractivity contribution is 5.88. The van der Waals surface area contributed by atoms with E-state index in [1.54, 1.807) is 0 Å². The lowest BCUT2D eigenvalue weighted by molar-refractivity contribution is -0.116. The van der Waals surface area contributed by atoms with Crippen LogP contribution >= 0.6 is 0 Å². The van der Waals surface area contributed by atoms with E-state index in [-0.39, 0.29) is 5.91 Å². The Morgan fingerprint density at radius 3 is 2.57 bits per heavy atom. The molecule has 1 amide bonds. The third-order valence-electron chi connectivity index (χ3n) is 1.84. The van der Waals surface area contributed by atoms with Crippen LogP contribution in [0.4, 0.5) is 0 Å². The second-order valence-electron chi connectivity index (χ2n) is 2.89. The van der Waals surface area contributed by atoms with Gasteiger partial charge >= 0.3 is 0 Å². The maximum absolute atomic E-state index is 10.9. The SMILES string of the molecule is C=CC(=O)NCC(=C)c1ccccc1. The summed E-state index contributed by atoms with van der Waals surface area (Å²) in [6.45, 7) is 7.71. The van der Waals surface area contributed by atoms with Crippen LogP contribution in [0, 0.1) is 0 Å². The first-order chi connectivity index (χ1) is 6.74. The van der Waals surface area contributed by atoms with E-state index in [0.717, 1.165) is 11.1 Å². The summed E-state index contributed by atoms with van der Waals surface area (Å²) in [7, 11) is 0. The molecule has 0 bridgehead atoms. The van der Waals surface area contributed by atoms with Crippen molar-refractivity contribution in [1.82, 2.24) is 5.32 Å². The molecule has 14 heavy (non-hydrogen) atoms. The van der Waals surface area contributed by atoms with E-state index in [1.807, 2.05) is 30.3 Å². The maximum Gasteiger partial charge on any atom is 0.243 e. The Hall–Kier alpha value is -1.83. The van der Waals surface area contributed by atoms with E-state index in [2.05, 4.69) is 18.5 Å². The number of carbonyl (C=O) groups excluding carboxylic acids is 1. The second-order valence-corrected chi connectivity index (χ2v) is 2.89. The number of nitrogens with one attached hydrogen (secondary N) is 1. The van der Waals surface area contributed by atoms with Gasteiger partial charge in [0.2, 0.25) is 5.91 Å². The second kappa shape index (κ2) is 5.02. The zero-order chi connectivity index (χ0) is 10.4. The number of amides is 1. The predicted octanol–water partition coefficient (Wildman–Crippen LogP) is 2.00. The fourth-order valence-electron chi connectivity index (χ4n) is 1.04. The summed E-state index contributed by atoms with van der Waals surface area (Å²) in [6.07, 6.45) is 1.25. The first kappa shape index (κ1) is 10.3. The van der Waals surface area contributed by atoms with Gasteiger partial charge in [0.15, 0.2) is 0 Å². The van der Waals surface area contributed by atoms with Gasteiger partial charge < -0.3 is 5.32 Å². The highest BCUT2D eigenvalue weighted by atomic mass is 16.1. The summed E-state index contributed by atoms with van der Waals surface area (Å²) in [5.74, 6) is -0.179. The standard InChI is InChI=1S/C12H13NO/c1-3-12(14)13-9-10(2)11-7-5-4-6-8-11/h3-8H,1-2,9H2,(H,13,14). The molecule has 2 nitrogen and oxygen atoms in total. The van der Waals surface area contributed by atoms with Gasteiger partial charge in [0, 0.05) is 6.54 Å². The topological polar surface area (TPSA) is 29.1 Å². The van der Waals surface area contributed by atoms with Crippen LogP contribution in [0.15, 0.2) is 49.6 Å². The predicted molar refractivity (Wildman–Crippen MR) is 58.7 cm³/mol. The molecule has 0 radical (unpaired) electrons. The van der Waals surface area contributed by atoms with E-state index in [4.69, 9.17) is 0 Å². The van der Waals surface area contributed by atoms with Crippen LogP contribution < -0.4 is 5.32 Å². The Kier molecular flexibility index (Phi) is 3.68. The van der Waals surface area contributed by atoms with Crippen LogP contribution in [0.1, 0.15) is 5.56 Å². The molecule has 0 aliphatic heterocycles. The third-order valence-corrected chi connectivity index (χ3v) is 1.84. The Morgan fingerprint density at radius 2 is 2.00 bits per heavy atom. The van der Waals surface area contributed by atoms with Crippen LogP contribution in [-0.2, 0) is 4.79 Å². The van der Waals surface area contributed by atoms with Crippen LogP contribution in [0.5, 0.6) is 0 Å². The van der Waals surface area contributed by atoms with Crippen LogP contribution in [0.3, 0.4) is 0 Å². The molecule has 0 saturated carbocycles. The minimum absolute atomic E-state index is 0.179. The van der Waals surface area contributed by atoms with E-state index in [1.165, 1.54) is 6.08 Å². The summed E-state index contributed by atoms with van der Waals surface area (Å²) in [5, 5.41) is 2.67. The van der Waals surface area contributed by atoms with Gasteiger partial charge in [0.25, 0.3) is 0 Å². The average molecular weight is 187 g/mol. The molecule has 1 aromatic rings. The summed E-state index contributed by atoms with van der Waals surface area (Å²) >= 11 is 0. The van der Waals surface area contributed by atoms with Crippen molar-refractivity contribution in [3.63, 3.8) is 0 Å². The molecule has 0 fully saturated rings. The van der Waals surface area contributed by atoms with Crippen molar-refractivity contribution in [2.75, 3.05) is 6.54 Å². The van der Waals surface area contributed by atoms with Gasteiger partial charge in [-0.15, -0.1) is 0 Å². The monoisotopic (exact) mass is 187 g/mol. The van der Waals surface area contributed by atoms with Crippen molar-refractivity contribution >= 4 is 11.5 Å². The van der Waals surface area contributed by atoms with Gasteiger partial charge in [-0.1, -0.05) is 43.5 Å². The molecule has 0 aromatic heterocycles. The quantitative estimate of drug-likeness (QED) is 0.718. The molecule has 0 aliphatic rings.